The number of methoxy groups -OCH3 is 1. The highest BCUT2D eigenvalue weighted by molar-refractivity contribution is 5.94. The largest absolute Gasteiger partial charge is 0.480 e. The van der Waals surface area contributed by atoms with Gasteiger partial charge >= 0.3 is 0 Å². The van der Waals surface area contributed by atoms with E-state index < -0.39 is 0 Å². The second-order valence-electron chi connectivity index (χ2n) is 8.45. The Kier molecular flexibility index (Phi) is 7.73. The molecule has 1 aliphatic carbocycles. The monoisotopic (exact) mass is 454 g/mol. The third-order valence-corrected chi connectivity index (χ3v) is 6.48. The number of ether oxygens (including phenoxy) is 1. The first-order valence-corrected chi connectivity index (χ1v) is 11.2. The summed E-state index contributed by atoms with van der Waals surface area (Å²) in [7, 11) is 5.18. The number of nitrogens with zero attached hydrogens (tertiary/aromatic N) is 5. The third-order valence-electron chi connectivity index (χ3n) is 6.48. The zero-order valence-corrected chi connectivity index (χ0v) is 20.1. The van der Waals surface area contributed by atoms with Gasteiger partial charge in [0.15, 0.2) is 5.82 Å². The first-order valence-electron chi connectivity index (χ1n) is 11.2. The minimum atomic E-state index is -0.0218. The number of nitrogens with one attached hydrogen (secondary N) is 1. The Labute approximate surface area is 195 Å². The van der Waals surface area contributed by atoms with Gasteiger partial charge in [0.25, 0.3) is 0 Å². The van der Waals surface area contributed by atoms with E-state index in [9.17, 15) is 9.59 Å². The Bertz CT molecular complexity index is 980. The van der Waals surface area contributed by atoms with Gasteiger partial charge in [0.05, 0.1) is 18.5 Å². The fourth-order valence-corrected chi connectivity index (χ4v) is 4.52. The van der Waals surface area contributed by atoms with Crippen LogP contribution in [0.2, 0.25) is 0 Å². The molecule has 33 heavy (non-hydrogen) atoms. The quantitative estimate of drug-likeness (QED) is 0.252. The van der Waals surface area contributed by atoms with E-state index in [4.69, 9.17) is 4.74 Å². The molecule has 1 aromatic rings. The summed E-state index contributed by atoms with van der Waals surface area (Å²) in [4.78, 5) is 36.1. The van der Waals surface area contributed by atoms with Crippen LogP contribution >= 0.6 is 0 Å². The zero-order valence-electron chi connectivity index (χ0n) is 20.1. The van der Waals surface area contributed by atoms with Crippen molar-refractivity contribution in [1.82, 2.24) is 24.7 Å². The summed E-state index contributed by atoms with van der Waals surface area (Å²) in [5.74, 6) is 2.38. The number of fused-ring (bicyclic) bond motifs is 1. The van der Waals surface area contributed by atoms with Gasteiger partial charge in [-0.25, -0.2) is 4.98 Å². The molecule has 0 radical (unpaired) electrons. The molecule has 9 nitrogen and oxygen atoms in total. The number of carbonyl (C=O) groups is 2. The zero-order chi connectivity index (χ0) is 24.1. The summed E-state index contributed by atoms with van der Waals surface area (Å²) in [6, 6.07) is 0. The molecule has 2 heterocycles. The number of rotatable bonds is 10. The molecule has 1 saturated carbocycles. The minimum Gasteiger partial charge on any atom is -0.480 e. The van der Waals surface area contributed by atoms with Crippen molar-refractivity contribution in [3.05, 3.63) is 48.3 Å². The van der Waals surface area contributed by atoms with Crippen LogP contribution in [-0.2, 0) is 21.4 Å². The van der Waals surface area contributed by atoms with E-state index in [1.165, 1.54) is 6.08 Å². The number of aryl methyl sites for hydroxylation is 1. The number of likely N-dealkylation sites (tertiary alicyclic amines) is 1. The highest BCUT2D eigenvalue weighted by Crippen LogP contribution is 2.52. The molecule has 1 saturated heterocycles. The van der Waals surface area contributed by atoms with Crippen molar-refractivity contribution in [2.75, 3.05) is 33.8 Å². The smallest absolute Gasteiger partial charge is 0.245 e. The number of hydrogen-bond acceptors (Lipinski definition) is 6. The maximum atomic E-state index is 12.0. The summed E-state index contributed by atoms with van der Waals surface area (Å²) in [5.41, 5.74) is 2.38. The molecular formula is C24H34N6O3. The Hall–Kier alpha value is -3.36. The summed E-state index contributed by atoms with van der Waals surface area (Å²) in [5, 5.41) is 3.38. The van der Waals surface area contributed by atoms with E-state index >= 15 is 0 Å². The summed E-state index contributed by atoms with van der Waals surface area (Å²) in [6.45, 7) is 9.63. The van der Waals surface area contributed by atoms with Gasteiger partial charge in [0.2, 0.25) is 18.2 Å². The van der Waals surface area contributed by atoms with Crippen LogP contribution in [0.15, 0.2) is 41.8 Å². The SMILES string of the molecule is C=CC(=O)N1CC2C(CN(C=O)/C=C(/N/C(=C/CC)C(=NC)OC)c3ncc(C)n3C)C2C1. The number of amides is 2. The molecule has 2 unspecified atom stereocenters. The van der Waals surface area contributed by atoms with Crippen LogP contribution in [0.25, 0.3) is 5.70 Å². The van der Waals surface area contributed by atoms with E-state index in [2.05, 4.69) is 21.9 Å². The lowest BCUT2D eigenvalue weighted by molar-refractivity contribution is -0.125. The van der Waals surface area contributed by atoms with E-state index in [0.29, 0.717) is 47.4 Å². The van der Waals surface area contributed by atoms with Crippen LogP contribution in [0.5, 0.6) is 0 Å². The van der Waals surface area contributed by atoms with Crippen molar-refractivity contribution >= 4 is 23.9 Å². The van der Waals surface area contributed by atoms with Crippen molar-refractivity contribution in [3.8, 4) is 0 Å². The average Bonchev–Trinajstić information content (AvgIpc) is 3.11. The van der Waals surface area contributed by atoms with Crippen LogP contribution in [0.4, 0.5) is 0 Å². The third kappa shape index (κ3) is 5.18. The van der Waals surface area contributed by atoms with E-state index in [1.807, 2.05) is 36.4 Å². The van der Waals surface area contributed by atoms with Crippen LogP contribution in [-0.4, -0.2) is 71.4 Å². The minimum absolute atomic E-state index is 0.0218. The highest BCUT2D eigenvalue weighted by Gasteiger charge is 2.56. The number of hydrogen-bond donors (Lipinski definition) is 1. The lowest BCUT2D eigenvalue weighted by atomic mass is 10.2. The molecule has 9 heteroatoms. The molecule has 1 N–H and O–H groups in total. The second kappa shape index (κ2) is 10.5. The summed E-state index contributed by atoms with van der Waals surface area (Å²) in [6.07, 6.45) is 8.55. The molecule has 1 aromatic heterocycles. The van der Waals surface area contributed by atoms with Gasteiger partial charge in [-0.1, -0.05) is 19.6 Å². The summed E-state index contributed by atoms with van der Waals surface area (Å²) < 4.78 is 7.39. The van der Waals surface area contributed by atoms with Gasteiger partial charge in [-0.05, 0) is 37.2 Å². The van der Waals surface area contributed by atoms with Crippen LogP contribution in [0.3, 0.4) is 0 Å². The Morgan fingerprint density at radius 3 is 2.61 bits per heavy atom. The van der Waals surface area contributed by atoms with Crippen LogP contribution in [0.1, 0.15) is 24.9 Å². The fourth-order valence-electron chi connectivity index (χ4n) is 4.52. The van der Waals surface area contributed by atoms with E-state index in [-0.39, 0.29) is 5.91 Å². The predicted octanol–water partition coefficient (Wildman–Crippen LogP) is 1.93. The van der Waals surface area contributed by atoms with E-state index in [0.717, 1.165) is 31.6 Å². The van der Waals surface area contributed by atoms with Gasteiger partial charge < -0.3 is 24.4 Å². The molecule has 0 spiro atoms. The lowest BCUT2D eigenvalue weighted by Gasteiger charge is -2.21. The standard InChI is InChI=1S/C24H34N6O3/c1-7-9-20(24(25-4)33-6)27-21(23-26-10-16(3)28(23)5)14-29(15-31)11-17-18-12-30(13-19(17)18)22(32)8-2/h8-10,14-15,17-19,27H,2,7,11-13H2,1,3-6H3/b20-9+,21-14+,25-24?. The van der Waals surface area contributed by atoms with Crippen molar-refractivity contribution in [2.45, 2.75) is 20.3 Å². The Balaban J connectivity index is 1.82. The van der Waals surface area contributed by atoms with Crippen molar-refractivity contribution < 1.29 is 14.3 Å². The molecule has 2 amide bonds. The Morgan fingerprint density at radius 2 is 2.12 bits per heavy atom. The van der Waals surface area contributed by atoms with Crippen LogP contribution < -0.4 is 5.32 Å². The topological polar surface area (TPSA) is 92.1 Å². The molecule has 2 aliphatic rings. The maximum absolute atomic E-state index is 12.0. The number of aliphatic imine (C=N–C) groups is 1. The highest BCUT2D eigenvalue weighted by atomic mass is 16.5. The number of piperidine rings is 1. The first-order chi connectivity index (χ1) is 15.9. The normalized spacial score (nSPS) is 22.6. The first kappa shape index (κ1) is 24.3. The molecule has 178 valence electrons. The molecular weight excluding hydrogens is 420 g/mol. The number of carbonyl (C=O) groups excluding carboxylic acids is 2. The molecule has 2 fully saturated rings. The second-order valence-corrected chi connectivity index (χ2v) is 8.45. The van der Waals surface area contributed by atoms with Gasteiger partial charge in [0.1, 0.15) is 0 Å². The molecule has 0 bridgehead atoms. The summed E-state index contributed by atoms with van der Waals surface area (Å²) >= 11 is 0. The predicted molar refractivity (Wildman–Crippen MR) is 128 cm³/mol. The lowest BCUT2D eigenvalue weighted by Crippen LogP contribution is -2.32. The molecule has 3 rings (SSSR count). The van der Waals surface area contributed by atoms with Gasteiger partial charge in [-0.15, -0.1) is 0 Å². The Morgan fingerprint density at radius 1 is 1.42 bits per heavy atom. The van der Waals surface area contributed by atoms with Gasteiger partial charge in [-0.2, -0.15) is 0 Å². The number of allylic oxidation sites excluding steroid dienone is 1. The molecule has 0 aromatic carbocycles. The molecule has 1 aliphatic heterocycles. The number of aromatic nitrogens is 2. The van der Waals surface area contributed by atoms with E-state index in [1.54, 1.807) is 31.5 Å². The molecule has 2 atom stereocenters. The van der Waals surface area contributed by atoms with Gasteiger partial charge in [0, 0.05) is 51.8 Å². The van der Waals surface area contributed by atoms with Gasteiger partial charge in [-0.3, -0.25) is 14.6 Å². The van der Waals surface area contributed by atoms with Crippen molar-refractivity contribution in [1.29, 1.82) is 0 Å². The number of imidazole rings is 1. The van der Waals surface area contributed by atoms with Crippen molar-refractivity contribution in [2.24, 2.45) is 29.8 Å². The maximum Gasteiger partial charge on any atom is 0.245 e. The van der Waals surface area contributed by atoms with Crippen LogP contribution in [0, 0.1) is 24.7 Å². The fraction of sp³-hybridized carbons (Fsp3) is 0.500. The van der Waals surface area contributed by atoms with Crippen molar-refractivity contribution in [3.63, 3.8) is 0 Å². The average molecular weight is 455 g/mol.